The molecule has 2 N–H and O–H groups in total. The highest BCUT2D eigenvalue weighted by atomic mass is 16.5. The van der Waals surface area contributed by atoms with Gasteiger partial charge in [0.25, 0.3) is 0 Å². The largest absolute Gasteiger partial charge is 0.493 e. The van der Waals surface area contributed by atoms with Crippen molar-refractivity contribution in [1.29, 1.82) is 0 Å². The highest BCUT2D eigenvalue weighted by molar-refractivity contribution is 5.48. The molecule has 0 bridgehead atoms. The second kappa shape index (κ2) is 7.92. The van der Waals surface area contributed by atoms with E-state index < -0.39 is 0 Å². The molecule has 0 aromatic heterocycles. The molecule has 0 radical (unpaired) electrons. The standard InChI is InChI=1S/C13H21NO4/c1-16-8-7-14-11(9-15)10-5-4-6-12(17-2)13(10)18-3/h4-6,11,14-15H,7-9H2,1-3H3. The van der Waals surface area contributed by atoms with Gasteiger partial charge in [0.1, 0.15) is 0 Å². The van der Waals surface area contributed by atoms with Crippen LogP contribution < -0.4 is 14.8 Å². The normalized spacial score (nSPS) is 12.2. The van der Waals surface area contributed by atoms with Crippen LogP contribution in [0.2, 0.25) is 0 Å². The molecule has 5 heteroatoms. The molecule has 0 spiro atoms. The Balaban J connectivity index is 2.90. The summed E-state index contributed by atoms with van der Waals surface area (Å²) < 4.78 is 15.6. The van der Waals surface area contributed by atoms with Gasteiger partial charge < -0.3 is 24.6 Å². The van der Waals surface area contributed by atoms with Crippen LogP contribution in [0.5, 0.6) is 11.5 Å². The molecule has 1 atom stereocenters. The molecule has 0 amide bonds. The van der Waals surface area contributed by atoms with E-state index in [-0.39, 0.29) is 12.6 Å². The van der Waals surface area contributed by atoms with Crippen molar-refractivity contribution in [2.45, 2.75) is 6.04 Å². The second-order valence-electron chi connectivity index (χ2n) is 3.76. The fraction of sp³-hybridized carbons (Fsp3) is 0.538. The molecule has 1 unspecified atom stereocenters. The number of hydrogen-bond acceptors (Lipinski definition) is 5. The summed E-state index contributed by atoms with van der Waals surface area (Å²) in [6.07, 6.45) is 0. The molecule has 1 aromatic carbocycles. The molecule has 0 aliphatic heterocycles. The van der Waals surface area contributed by atoms with Gasteiger partial charge in [0.2, 0.25) is 0 Å². The van der Waals surface area contributed by atoms with Gasteiger partial charge in [0, 0.05) is 19.2 Å². The molecule has 0 aliphatic rings. The first-order valence-corrected chi connectivity index (χ1v) is 5.82. The van der Waals surface area contributed by atoms with Crippen LogP contribution in [-0.4, -0.2) is 46.2 Å². The lowest BCUT2D eigenvalue weighted by Crippen LogP contribution is -2.28. The summed E-state index contributed by atoms with van der Waals surface area (Å²) in [5, 5.41) is 12.7. The van der Waals surface area contributed by atoms with E-state index in [1.54, 1.807) is 21.3 Å². The highest BCUT2D eigenvalue weighted by Crippen LogP contribution is 2.34. The number of benzene rings is 1. The zero-order valence-corrected chi connectivity index (χ0v) is 11.1. The van der Waals surface area contributed by atoms with Crippen molar-refractivity contribution in [3.63, 3.8) is 0 Å². The number of methoxy groups -OCH3 is 3. The Morgan fingerprint density at radius 3 is 2.56 bits per heavy atom. The van der Waals surface area contributed by atoms with Gasteiger partial charge >= 0.3 is 0 Å². The summed E-state index contributed by atoms with van der Waals surface area (Å²) in [5.41, 5.74) is 0.871. The van der Waals surface area contributed by atoms with E-state index in [4.69, 9.17) is 14.2 Å². The van der Waals surface area contributed by atoms with Gasteiger partial charge in [-0.1, -0.05) is 12.1 Å². The Kier molecular flexibility index (Phi) is 6.49. The lowest BCUT2D eigenvalue weighted by Gasteiger charge is -2.20. The fourth-order valence-electron chi connectivity index (χ4n) is 1.79. The molecule has 0 saturated carbocycles. The Hall–Kier alpha value is -1.30. The quantitative estimate of drug-likeness (QED) is 0.678. The predicted octanol–water partition coefficient (Wildman–Crippen LogP) is 0.973. The van der Waals surface area contributed by atoms with Gasteiger partial charge in [-0.3, -0.25) is 0 Å². The van der Waals surface area contributed by atoms with Gasteiger partial charge in [-0.15, -0.1) is 0 Å². The van der Waals surface area contributed by atoms with Gasteiger partial charge in [-0.2, -0.15) is 0 Å². The van der Waals surface area contributed by atoms with E-state index in [1.165, 1.54) is 0 Å². The van der Waals surface area contributed by atoms with E-state index in [0.717, 1.165) is 5.56 Å². The van der Waals surface area contributed by atoms with E-state index in [1.807, 2.05) is 18.2 Å². The topological polar surface area (TPSA) is 60.0 Å². The minimum absolute atomic E-state index is 0.0206. The van der Waals surface area contributed by atoms with Crippen molar-refractivity contribution in [2.75, 3.05) is 41.1 Å². The number of ether oxygens (including phenoxy) is 3. The Morgan fingerprint density at radius 1 is 1.22 bits per heavy atom. The van der Waals surface area contributed by atoms with Crippen molar-refractivity contribution < 1.29 is 19.3 Å². The van der Waals surface area contributed by atoms with Gasteiger partial charge in [0.05, 0.1) is 33.5 Å². The SMILES string of the molecule is COCCNC(CO)c1cccc(OC)c1OC. The summed E-state index contributed by atoms with van der Waals surface area (Å²) in [7, 11) is 4.82. The van der Waals surface area contributed by atoms with Gasteiger partial charge in [-0.25, -0.2) is 0 Å². The van der Waals surface area contributed by atoms with Crippen LogP contribution in [-0.2, 0) is 4.74 Å². The lowest BCUT2D eigenvalue weighted by atomic mass is 10.1. The molecular formula is C13H21NO4. The zero-order chi connectivity index (χ0) is 13.4. The molecule has 0 saturated heterocycles. The Bertz CT molecular complexity index is 357. The average Bonchev–Trinajstić information content (AvgIpc) is 2.42. The third-order valence-corrected chi connectivity index (χ3v) is 2.69. The molecular weight excluding hydrogens is 234 g/mol. The first-order chi connectivity index (χ1) is 8.78. The number of aliphatic hydroxyl groups is 1. The fourth-order valence-corrected chi connectivity index (χ4v) is 1.79. The molecule has 0 heterocycles. The number of rotatable bonds is 8. The van der Waals surface area contributed by atoms with E-state index in [9.17, 15) is 5.11 Å². The van der Waals surface area contributed by atoms with Crippen molar-refractivity contribution in [3.05, 3.63) is 23.8 Å². The second-order valence-corrected chi connectivity index (χ2v) is 3.76. The molecule has 1 rings (SSSR count). The number of para-hydroxylation sites is 1. The van der Waals surface area contributed by atoms with Crippen LogP contribution >= 0.6 is 0 Å². The Labute approximate surface area is 108 Å². The lowest BCUT2D eigenvalue weighted by molar-refractivity contribution is 0.183. The minimum atomic E-state index is -0.204. The summed E-state index contributed by atoms with van der Waals surface area (Å²) >= 11 is 0. The van der Waals surface area contributed by atoms with Crippen LogP contribution in [0.3, 0.4) is 0 Å². The number of aliphatic hydroxyl groups excluding tert-OH is 1. The summed E-state index contributed by atoms with van der Waals surface area (Å²) in [5.74, 6) is 1.30. The first-order valence-electron chi connectivity index (χ1n) is 5.82. The maximum atomic E-state index is 9.46. The highest BCUT2D eigenvalue weighted by Gasteiger charge is 2.17. The third kappa shape index (κ3) is 3.60. The molecule has 5 nitrogen and oxygen atoms in total. The number of hydrogen-bond donors (Lipinski definition) is 2. The maximum absolute atomic E-state index is 9.46. The Morgan fingerprint density at radius 2 is 2.00 bits per heavy atom. The molecule has 102 valence electrons. The molecule has 0 fully saturated rings. The first kappa shape index (κ1) is 14.8. The van der Waals surface area contributed by atoms with Crippen LogP contribution in [0.25, 0.3) is 0 Å². The monoisotopic (exact) mass is 255 g/mol. The zero-order valence-electron chi connectivity index (χ0n) is 11.1. The van der Waals surface area contributed by atoms with Gasteiger partial charge in [0.15, 0.2) is 11.5 Å². The van der Waals surface area contributed by atoms with Crippen LogP contribution in [0.1, 0.15) is 11.6 Å². The van der Waals surface area contributed by atoms with Crippen LogP contribution in [0, 0.1) is 0 Å². The predicted molar refractivity (Wildman–Crippen MR) is 69.3 cm³/mol. The van der Waals surface area contributed by atoms with Crippen LogP contribution in [0.15, 0.2) is 18.2 Å². The minimum Gasteiger partial charge on any atom is -0.493 e. The van der Waals surface area contributed by atoms with Gasteiger partial charge in [-0.05, 0) is 6.07 Å². The molecule has 1 aromatic rings. The van der Waals surface area contributed by atoms with E-state index in [0.29, 0.717) is 24.7 Å². The smallest absolute Gasteiger partial charge is 0.165 e. The maximum Gasteiger partial charge on any atom is 0.165 e. The van der Waals surface area contributed by atoms with Crippen molar-refractivity contribution in [1.82, 2.24) is 5.32 Å². The van der Waals surface area contributed by atoms with E-state index >= 15 is 0 Å². The van der Waals surface area contributed by atoms with Crippen molar-refractivity contribution in [2.24, 2.45) is 0 Å². The van der Waals surface area contributed by atoms with Crippen molar-refractivity contribution in [3.8, 4) is 11.5 Å². The summed E-state index contributed by atoms with van der Waals surface area (Å²) in [6.45, 7) is 1.22. The summed E-state index contributed by atoms with van der Waals surface area (Å²) in [6, 6.07) is 5.40. The average molecular weight is 255 g/mol. The third-order valence-electron chi connectivity index (χ3n) is 2.69. The van der Waals surface area contributed by atoms with Crippen molar-refractivity contribution >= 4 is 0 Å². The molecule has 18 heavy (non-hydrogen) atoms. The number of nitrogens with one attached hydrogen (secondary N) is 1. The van der Waals surface area contributed by atoms with Crippen LogP contribution in [0.4, 0.5) is 0 Å². The summed E-state index contributed by atoms with van der Waals surface area (Å²) in [4.78, 5) is 0. The van der Waals surface area contributed by atoms with E-state index in [2.05, 4.69) is 5.32 Å². The molecule has 0 aliphatic carbocycles.